The third-order valence-electron chi connectivity index (χ3n) is 8.15. The summed E-state index contributed by atoms with van der Waals surface area (Å²) in [6, 6.07) is 15.6. The lowest BCUT2D eigenvalue weighted by Gasteiger charge is -2.58. The number of aliphatic imine (C=N–C) groups is 1. The number of benzene rings is 2. The minimum Gasteiger partial charge on any atom is -0.625 e. The SMILES string of the molecule is CN=C1N[C@](C)(C2(C)C=CC=C(c3cc(C#N)cc(C#N)c3)C2)[C@H](c2ccc(C(C)(F)F)cc2)C[N+]1(C)[O-]. The number of hydrogen-bond acceptors (Lipinski definition) is 4. The van der Waals surface area contributed by atoms with Crippen LogP contribution in [0.15, 0.2) is 65.7 Å². The predicted molar refractivity (Wildman–Crippen MR) is 144 cm³/mol. The van der Waals surface area contributed by atoms with Gasteiger partial charge in [0.2, 0.25) is 0 Å². The highest BCUT2D eigenvalue weighted by molar-refractivity contribution is 5.77. The smallest absolute Gasteiger partial charge is 0.297 e. The van der Waals surface area contributed by atoms with E-state index in [9.17, 15) is 24.5 Å². The van der Waals surface area contributed by atoms with Crippen LogP contribution in [0.4, 0.5) is 8.78 Å². The summed E-state index contributed by atoms with van der Waals surface area (Å²) in [6.07, 6.45) is 6.57. The molecule has 6 nitrogen and oxygen atoms in total. The summed E-state index contributed by atoms with van der Waals surface area (Å²) in [5.74, 6) is -3.01. The number of nitrogens with one attached hydrogen (secondary N) is 1. The molecule has 1 aliphatic carbocycles. The van der Waals surface area contributed by atoms with Gasteiger partial charge in [-0.15, -0.1) is 0 Å². The van der Waals surface area contributed by atoms with Crippen molar-refractivity contribution in [1.82, 2.24) is 5.32 Å². The predicted octanol–water partition coefficient (Wildman–Crippen LogP) is 5.97. The van der Waals surface area contributed by atoms with E-state index in [1.165, 1.54) is 19.2 Å². The summed E-state index contributed by atoms with van der Waals surface area (Å²) in [6.45, 7) is 5.18. The molecule has 2 aliphatic rings. The van der Waals surface area contributed by atoms with Crippen molar-refractivity contribution in [2.24, 2.45) is 10.4 Å². The van der Waals surface area contributed by atoms with Crippen LogP contribution in [-0.4, -0.2) is 36.8 Å². The maximum atomic E-state index is 13.9. The normalized spacial score (nSPS) is 30.2. The largest absolute Gasteiger partial charge is 0.625 e. The molecule has 2 unspecified atom stereocenters. The number of likely N-dealkylation sites (N-methyl/N-ethyl adjacent to an activating group) is 1. The van der Waals surface area contributed by atoms with Crippen molar-refractivity contribution in [3.63, 3.8) is 0 Å². The summed E-state index contributed by atoms with van der Waals surface area (Å²) >= 11 is 0. The van der Waals surface area contributed by atoms with Gasteiger partial charge in [-0.1, -0.05) is 49.4 Å². The van der Waals surface area contributed by atoms with Crippen LogP contribution >= 0.6 is 0 Å². The molecule has 196 valence electrons. The van der Waals surface area contributed by atoms with Gasteiger partial charge in [0.05, 0.1) is 48.3 Å². The van der Waals surface area contributed by atoms with Gasteiger partial charge in [0.15, 0.2) is 0 Å². The molecule has 2 aromatic carbocycles. The minimum absolute atomic E-state index is 0.0819. The van der Waals surface area contributed by atoms with Gasteiger partial charge in [-0.3, -0.25) is 4.65 Å². The number of nitriles is 2. The molecular formula is C30H31F2N5O. The van der Waals surface area contributed by atoms with Gasteiger partial charge in [0.25, 0.3) is 11.9 Å². The van der Waals surface area contributed by atoms with Crippen molar-refractivity contribution in [3.8, 4) is 12.1 Å². The zero-order valence-electron chi connectivity index (χ0n) is 22.2. The average molecular weight is 516 g/mol. The fourth-order valence-electron chi connectivity index (χ4n) is 5.70. The van der Waals surface area contributed by atoms with E-state index in [4.69, 9.17) is 0 Å². The number of rotatable bonds is 4. The molecule has 0 saturated carbocycles. The molecular weight excluding hydrogens is 484 g/mol. The lowest BCUT2D eigenvalue weighted by atomic mass is 9.58. The summed E-state index contributed by atoms with van der Waals surface area (Å²) < 4.78 is 27.1. The molecule has 0 spiro atoms. The summed E-state index contributed by atoms with van der Waals surface area (Å²) in [4.78, 5) is 4.27. The number of quaternary nitrogens is 1. The first kappa shape index (κ1) is 27.2. The first-order chi connectivity index (χ1) is 17.8. The monoisotopic (exact) mass is 515 g/mol. The van der Waals surface area contributed by atoms with Crippen LogP contribution < -0.4 is 5.32 Å². The highest BCUT2D eigenvalue weighted by atomic mass is 19.3. The first-order valence-electron chi connectivity index (χ1n) is 12.4. The Labute approximate surface area is 222 Å². The van der Waals surface area contributed by atoms with Crippen LogP contribution in [0.2, 0.25) is 0 Å². The van der Waals surface area contributed by atoms with Gasteiger partial charge in [0, 0.05) is 24.9 Å². The molecule has 0 amide bonds. The molecule has 38 heavy (non-hydrogen) atoms. The second-order valence-corrected chi connectivity index (χ2v) is 10.9. The molecule has 1 saturated heterocycles. The Balaban J connectivity index is 1.80. The number of hydrogen-bond donors (Lipinski definition) is 1. The summed E-state index contributed by atoms with van der Waals surface area (Å²) in [5, 5.41) is 35.9. The lowest BCUT2D eigenvalue weighted by Crippen LogP contribution is -2.72. The molecule has 1 N–H and O–H groups in total. The topological polar surface area (TPSA) is 95.0 Å². The maximum Gasteiger partial charge on any atom is 0.297 e. The molecule has 8 heteroatoms. The zero-order chi connectivity index (χ0) is 27.9. The van der Waals surface area contributed by atoms with Crippen LogP contribution in [0.1, 0.15) is 60.9 Å². The second-order valence-electron chi connectivity index (χ2n) is 10.9. The second kappa shape index (κ2) is 9.47. The molecule has 0 radical (unpaired) electrons. The van der Waals surface area contributed by atoms with Crippen LogP contribution in [-0.2, 0) is 5.92 Å². The molecule has 4 atom stereocenters. The van der Waals surface area contributed by atoms with E-state index in [2.05, 4.69) is 35.4 Å². The van der Waals surface area contributed by atoms with Gasteiger partial charge >= 0.3 is 0 Å². The van der Waals surface area contributed by atoms with Gasteiger partial charge in [0.1, 0.15) is 0 Å². The van der Waals surface area contributed by atoms with E-state index in [1.54, 1.807) is 37.4 Å². The standard InChI is InChI=1S/C30H31F2N5O/c1-28(12-6-7-23(16-28)24-14-20(17-33)13-21(15-24)18-34)29(2)26(19-37(5,38)27(35-4)36-29)22-8-10-25(11-9-22)30(3,31)32/h6-15,26H,16,19H2,1-5H3,(H,35,36)/t26-,28?,29-,37?/m0/s1. The Morgan fingerprint density at radius 1 is 1.11 bits per heavy atom. The van der Waals surface area contributed by atoms with Crippen molar-refractivity contribution in [1.29, 1.82) is 10.5 Å². The number of halogens is 2. The highest BCUT2D eigenvalue weighted by Gasteiger charge is 2.56. The van der Waals surface area contributed by atoms with Crippen LogP contribution in [0.25, 0.3) is 5.57 Å². The van der Waals surface area contributed by atoms with Gasteiger partial charge in [-0.25, -0.2) is 13.8 Å². The van der Waals surface area contributed by atoms with E-state index in [0.29, 0.717) is 23.5 Å². The number of nitrogens with zero attached hydrogens (tertiary/aromatic N) is 4. The van der Waals surface area contributed by atoms with Crippen molar-refractivity contribution in [2.75, 3.05) is 20.6 Å². The van der Waals surface area contributed by atoms with E-state index >= 15 is 0 Å². The van der Waals surface area contributed by atoms with E-state index in [1.807, 2.05) is 19.1 Å². The Morgan fingerprint density at radius 2 is 1.71 bits per heavy atom. The molecule has 0 bridgehead atoms. The summed E-state index contributed by atoms with van der Waals surface area (Å²) in [7, 11) is 3.12. The Morgan fingerprint density at radius 3 is 2.24 bits per heavy atom. The highest BCUT2D eigenvalue weighted by Crippen LogP contribution is 2.52. The van der Waals surface area contributed by atoms with E-state index in [-0.39, 0.29) is 18.0 Å². The Hall–Kier alpha value is -3.85. The number of alkyl halides is 2. The third-order valence-corrected chi connectivity index (χ3v) is 8.15. The minimum atomic E-state index is -2.96. The maximum absolute atomic E-state index is 13.9. The summed E-state index contributed by atoms with van der Waals surface area (Å²) in [5.41, 5.74) is 1.96. The molecule has 1 aliphatic heterocycles. The lowest BCUT2D eigenvalue weighted by molar-refractivity contribution is -0.778. The number of hydroxylamine groups is 3. The Bertz CT molecular complexity index is 1390. The first-order valence-corrected chi connectivity index (χ1v) is 12.4. The van der Waals surface area contributed by atoms with E-state index in [0.717, 1.165) is 23.6 Å². The third kappa shape index (κ3) is 4.74. The van der Waals surface area contributed by atoms with Crippen LogP contribution in [0.5, 0.6) is 0 Å². The van der Waals surface area contributed by atoms with Crippen LogP contribution in [0, 0.1) is 33.3 Å². The number of guanidine groups is 1. The fourth-order valence-corrected chi connectivity index (χ4v) is 5.70. The molecule has 1 heterocycles. The fraction of sp³-hybridized carbons (Fsp3) is 0.367. The van der Waals surface area contributed by atoms with Crippen molar-refractivity contribution in [2.45, 2.75) is 44.6 Å². The van der Waals surface area contributed by atoms with Gasteiger partial charge in [-0.05, 0) is 48.2 Å². The number of allylic oxidation sites excluding steroid dienone is 3. The Kier molecular flexibility index (Phi) is 6.78. The van der Waals surface area contributed by atoms with Crippen molar-refractivity contribution in [3.05, 3.63) is 93.7 Å². The van der Waals surface area contributed by atoms with Gasteiger partial charge < -0.3 is 10.5 Å². The van der Waals surface area contributed by atoms with Crippen molar-refractivity contribution >= 4 is 11.5 Å². The molecule has 2 aromatic rings. The molecule has 4 rings (SSSR count). The van der Waals surface area contributed by atoms with Gasteiger partial charge in [-0.2, -0.15) is 10.5 Å². The van der Waals surface area contributed by atoms with Crippen molar-refractivity contribution < 1.29 is 13.4 Å². The average Bonchev–Trinajstić information content (AvgIpc) is 2.88. The zero-order valence-corrected chi connectivity index (χ0v) is 22.2. The quantitative estimate of drug-likeness (QED) is 0.401. The van der Waals surface area contributed by atoms with E-state index < -0.39 is 21.5 Å². The van der Waals surface area contributed by atoms with Crippen LogP contribution in [0.3, 0.4) is 0 Å². The molecule has 1 fully saturated rings. The molecule has 0 aromatic heterocycles.